The van der Waals surface area contributed by atoms with Crippen molar-refractivity contribution in [1.82, 2.24) is 5.32 Å². The number of rotatable bonds is 3. The molecule has 1 fully saturated rings. The third kappa shape index (κ3) is 3.30. The highest BCUT2D eigenvalue weighted by atomic mass is 19.1. The van der Waals surface area contributed by atoms with E-state index in [9.17, 15) is 14.0 Å². The van der Waals surface area contributed by atoms with Crippen molar-refractivity contribution in [2.45, 2.75) is 51.5 Å². The summed E-state index contributed by atoms with van der Waals surface area (Å²) in [6.45, 7) is 2.08. The number of halogens is 1. The summed E-state index contributed by atoms with van der Waals surface area (Å²) >= 11 is 0. The second-order valence-electron chi connectivity index (χ2n) is 7.20. The molecule has 2 aliphatic rings. The Hall–Kier alpha value is -1.91. The van der Waals surface area contributed by atoms with Crippen LogP contribution in [-0.4, -0.2) is 17.0 Å². The normalized spacial score (nSPS) is 29.6. The Balaban J connectivity index is 1.69. The van der Waals surface area contributed by atoms with Crippen molar-refractivity contribution in [2.24, 2.45) is 17.8 Å². The number of hydrogen-bond acceptors (Lipinski definition) is 2. The van der Waals surface area contributed by atoms with Gasteiger partial charge in [0.2, 0.25) is 5.91 Å². The zero-order valence-electron chi connectivity index (χ0n) is 13.9. The minimum absolute atomic E-state index is 0.0206. The van der Waals surface area contributed by atoms with Crippen LogP contribution in [-0.2, 0) is 16.0 Å². The molecule has 0 heterocycles. The van der Waals surface area contributed by atoms with Gasteiger partial charge in [0.1, 0.15) is 5.82 Å². The molecule has 2 N–H and O–H groups in total. The van der Waals surface area contributed by atoms with E-state index in [1.54, 1.807) is 6.07 Å². The van der Waals surface area contributed by atoms with Gasteiger partial charge in [0.25, 0.3) is 0 Å². The highest BCUT2D eigenvalue weighted by molar-refractivity contribution is 5.80. The molecular formula is C19H24FNO3. The molecule has 1 aromatic carbocycles. The van der Waals surface area contributed by atoms with E-state index >= 15 is 0 Å². The molecule has 0 radical (unpaired) electrons. The van der Waals surface area contributed by atoms with E-state index in [1.807, 2.05) is 6.07 Å². The summed E-state index contributed by atoms with van der Waals surface area (Å²) in [6, 6.07) is 4.92. The molecule has 2 atom stereocenters. The van der Waals surface area contributed by atoms with Gasteiger partial charge in [0, 0.05) is 5.92 Å². The Morgan fingerprint density at radius 1 is 1.12 bits per heavy atom. The molecule has 1 saturated carbocycles. The fraction of sp³-hybridized carbons (Fsp3) is 0.579. The van der Waals surface area contributed by atoms with E-state index < -0.39 is 5.97 Å². The van der Waals surface area contributed by atoms with Crippen molar-refractivity contribution in [3.63, 3.8) is 0 Å². The van der Waals surface area contributed by atoms with Crippen LogP contribution in [0.4, 0.5) is 4.39 Å². The Bertz CT molecular complexity index is 637. The molecule has 4 nitrogen and oxygen atoms in total. The van der Waals surface area contributed by atoms with Gasteiger partial charge in [-0.1, -0.05) is 19.1 Å². The number of carboxylic acid groups (broad SMARTS) is 1. The lowest BCUT2D eigenvalue weighted by Crippen LogP contribution is -2.40. The molecule has 2 unspecified atom stereocenters. The van der Waals surface area contributed by atoms with Gasteiger partial charge in [-0.05, 0) is 61.6 Å². The van der Waals surface area contributed by atoms with Crippen LogP contribution in [0, 0.1) is 23.6 Å². The molecule has 2 aliphatic carbocycles. The van der Waals surface area contributed by atoms with Crippen LogP contribution in [0.2, 0.25) is 0 Å². The molecule has 0 spiro atoms. The summed E-state index contributed by atoms with van der Waals surface area (Å²) in [5, 5.41) is 12.2. The van der Waals surface area contributed by atoms with Gasteiger partial charge in [-0.15, -0.1) is 0 Å². The fourth-order valence-electron chi connectivity index (χ4n) is 4.07. The van der Waals surface area contributed by atoms with Gasteiger partial charge in [0.15, 0.2) is 0 Å². The molecule has 0 bridgehead atoms. The minimum atomic E-state index is -0.765. The lowest BCUT2D eigenvalue weighted by molar-refractivity contribution is -0.144. The van der Waals surface area contributed by atoms with E-state index in [0.29, 0.717) is 32.1 Å². The third-order valence-corrected chi connectivity index (χ3v) is 5.65. The number of carbonyl (C=O) groups is 2. The largest absolute Gasteiger partial charge is 0.481 e. The summed E-state index contributed by atoms with van der Waals surface area (Å²) in [7, 11) is 0. The maximum Gasteiger partial charge on any atom is 0.306 e. The Morgan fingerprint density at radius 3 is 2.46 bits per heavy atom. The molecule has 1 aromatic rings. The van der Waals surface area contributed by atoms with Crippen molar-refractivity contribution >= 4 is 11.9 Å². The van der Waals surface area contributed by atoms with Crippen LogP contribution in [0.1, 0.15) is 56.2 Å². The van der Waals surface area contributed by atoms with Gasteiger partial charge >= 0.3 is 5.97 Å². The first-order chi connectivity index (χ1) is 11.5. The number of carbonyl (C=O) groups excluding carboxylic acids is 1. The quantitative estimate of drug-likeness (QED) is 0.890. The molecule has 24 heavy (non-hydrogen) atoms. The maximum absolute atomic E-state index is 14.0. The van der Waals surface area contributed by atoms with Crippen molar-refractivity contribution in [1.29, 1.82) is 0 Å². The van der Waals surface area contributed by atoms with E-state index in [2.05, 4.69) is 12.2 Å². The number of nitrogens with one attached hydrogen (secondary N) is 1. The van der Waals surface area contributed by atoms with E-state index in [-0.39, 0.29) is 35.5 Å². The molecule has 3 rings (SSSR count). The molecular weight excluding hydrogens is 309 g/mol. The molecule has 1 amide bonds. The summed E-state index contributed by atoms with van der Waals surface area (Å²) in [5.74, 6) is -1.17. The average molecular weight is 333 g/mol. The molecule has 0 saturated heterocycles. The second kappa shape index (κ2) is 6.91. The SMILES string of the molecule is CC1CCc2c(F)cccc2C1NC(=O)C1CCC(C(=O)O)CC1. The van der Waals surface area contributed by atoms with Crippen molar-refractivity contribution in [3.8, 4) is 0 Å². The zero-order chi connectivity index (χ0) is 17.3. The van der Waals surface area contributed by atoms with Gasteiger partial charge in [-0.3, -0.25) is 9.59 Å². The third-order valence-electron chi connectivity index (χ3n) is 5.65. The van der Waals surface area contributed by atoms with Gasteiger partial charge in [-0.25, -0.2) is 4.39 Å². The first-order valence-electron chi connectivity index (χ1n) is 8.78. The number of aliphatic carboxylic acids is 1. The standard InChI is InChI=1S/C19H24FNO3/c1-11-5-10-14-15(3-2-4-16(14)20)17(11)21-18(22)12-6-8-13(9-7-12)19(23)24/h2-4,11-13,17H,5-10H2,1H3,(H,21,22)(H,23,24). The van der Waals surface area contributed by atoms with Crippen LogP contribution < -0.4 is 5.32 Å². The van der Waals surface area contributed by atoms with Crippen molar-refractivity contribution in [2.75, 3.05) is 0 Å². The minimum Gasteiger partial charge on any atom is -0.481 e. The van der Waals surface area contributed by atoms with E-state index in [4.69, 9.17) is 5.11 Å². The smallest absolute Gasteiger partial charge is 0.306 e. The number of fused-ring (bicyclic) bond motifs is 1. The average Bonchev–Trinajstić information content (AvgIpc) is 2.57. The monoisotopic (exact) mass is 333 g/mol. The van der Waals surface area contributed by atoms with Crippen LogP contribution >= 0.6 is 0 Å². The van der Waals surface area contributed by atoms with Gasteiger partial charge < -0.3 is 10.4 Å². The topological polar surface area (TPSA) is 66.4 Å². The van der Waals surface area contributed by atoms with Crippen LogP contribution in [0.25, 0.3) is 0 Å². The van der Waals surface area contributed by atoms with Gasteiger partial charge in [-0.2, -0.15) is 0 Å². The number of carboxylic acids is 1. The van der Waals surface area contributed by atoms with E-state index in [0.717, 1.165) is 17.5 Å². The van der Waals surface area contributed by atoms with E-state index in [1.165, 1.54) is 6.07 Å². The predicted octanol–water partition coefficient (Wildman–Crippen LogP) is 3.46. The van der Waals surface area contributed by atoms with Crippen molar-refractivity contribution in [3.05, 3.63) is 35.1 Å². The first-order valence-corrected chi connectivity index (χ1v) is 8.78. The molecule has 130 valence electrons. The van der Waals surface area contributed by atoms with Crippen LogP contribution in [0.5, 0.6) is 0 Å². The summed E-state index contributed by atoms with van der Waals surface area (Å²) < 4.78 is 14.0. The Labute approximate surface area is 141 Å². The highest BCUT2D eigenvalue weighted by Crippen LogP contribution is 2.36. The van der Waals surface area contributed by atoms with Crippen molar-refractivity contribution < 1.29 is 19.1 Å². The first kappa shape index (κ1) is 16.9. The fourth-order valence-corrected chi connectivity index (χ4v) is 4.07. The number of benzene rings is 1. The van der Waals surface area contributed by atoms with Gasteiger partial charge in [0.05, 0.1) is 12.0 Å². The summed E-state index contributed by atoms with van der Waals surface area (Å²) in [5.41, 5.74) is 1.61. The predicted molar refractivity (Wildman–Crippen MR) is 87.9 cm³/mol. The molecule has 0 aliphatic heterocycles. The maximum atomic E-state index is 14.0. The second-order valence-corrected chi connectivity index (χ2v) is 7.20. The zero-order valence-corrected chi connectivity index (χ0v) is 13.9. The Morgan fingerprint density at radius 2 is 1.79 bits per heavy atom. The van der Waals surface area contributed by atoms with Crippen LogP contribution in [0.15, 0.2) is 18.2 Å². The number of amides is 1. The lowest BCUT2D eigenvalue weighted by Gasteiger charge is -2.34. The number of hydrogen-bond donors (Lipinski definition) is 2. The highest BCUT2D eigenvalue weighted by Gasteiger charge is 2.34. The summed E-state index contributed by atoms with van der Waals surface area (Å²) in [4.78, 5) is 23.7. The summed E-state index contributed by atoms with van der Waals surface area (Å²) in [6.07, 6.45) is 3.89. The Kier molecular flexibility index (Phi) is 4.88. The lowest BCUT2D eigenvalue weighted by atomic mass is 9.78. The molecule has 5 heteroatoms. The molecule has 0 aromatic heterocycles. The van der Waals surface area contributed by atoms with Crippen LogP contribution in [0.3, 0.4) is 0 Å².